The highest BCUT2D eigenvalue weighted by Crippen LogP contribution is 2.52. The standard InChI is InChI=1S/C32H42N2O6/c1-39-26-17-13-22(14-18-26)21-31(37)28(23-15-19-27(40-2)20-16-23)32(38,29(35)33-24-9-5-3-6-10-24)34(30(31)36)25-11-7-4-8-12-25/h13-20,24-25,28,37-38H,3-12,21H2,1-2H3,(H,33,35). The van der Waals surface area contributed by atoms with Crippen molar-refractivity contribution in [1.82, 2.24) is 10.2 Å². The maximum absolute atomic E-state index is 14.5. The SMILES string of the molecule is COc1ccc(CC2(O)C(=O)N(C3CCCCC3)C(O)(C(=O)NC3CCCCC3)C2c2ccc(OC)cc2)cc1. The number of carbonyl (C=O) groups is 2. The van der Waals surface area contributed by atoms with Gasteiger partial charge in [-0.15, -0.1) is 0 Å². The van der Waals surface area contributed by atoms with Crippen molar-refractivity contribution >= 4 is 11.8 Å². The Hall–Kier alpha value is -3.10. The van der Waals surface area contributed by atoms with Gasteiger partial charge in [-0.3, -0.25) is 9.59 Å². The molecular weight excluding hydrogens is 508 g/mol. The lowest BCUT2D eigenvalue weighted by Crippen LogP contribution is -2.63. The number of aliphatic hydroxyl groups is 2. The predicted octanol–water partition coefficient (Wildman–Crippen LogP) is 4.07. The van der Waals surface area contributed by atoms with Crippen molar-refractivity contribution in [3.8, 4) is 11.5 Å². The third kappa shape index (κ3) is 5.19. The second-order valence-corrected chi connectivity index (χ2v) is 11.7. The minimum atomic E-state index is -2.26. The second kappa shape index (κ2) is 11.8. The molecule has 3 aliphatic rings. The molecule has 1 aliphatic heterocycles. The van der Waals surface area contributed by atoms with Crippen LogP contribution in [-0.4, -0.2) is 64.6 Å². The average Bonchev–Trinajstić information content (AvgIpc) is 3.16. The molecule has 0 radical (unpaired) electrons. The summed E-state index contributed by atoms with van der Waals surface area (Å²) in [6, 6.07) is 13.7. The van der Waals surface area contributed by atoms with E-state index in [1.54, 1.807) is 62.8 Å². The van der Waals surface area contributed by atoms with E-state index in [1.165, 1.54) is 4.90 Å². The molecule has 2 saturated carbocycles. The highest BCUT2D eigenvalue weighted by Gasteiger charge is 2.71. The van der Waals surface area contributed by atoms with E-state index in [1.807, 2.05) is 0 Å². The number of methoxy groups -OCH3 is 2. The molecule has 3 unspecified atom stereocenters. The number of carbonyl (C=O) groups excluding carboxylic acids is 2. The van der Waals surface area contributed by atoms with Crippen LogP contribution in [0.3, 0.4) is 0 Å². The molecule has 2 aromatic carbocycles. The number of benzene rings is 2. The van der Waals surface area contributed by atoms with Crippen molar-refractivity contribution in [3.63, 3.8) is 0 Å². The van der Waals surface area contributed by atoms with E-state index in [4.69, 9.17) is 9.47 Å². The van der Waals surface area contributed by atoms with Gasteiger partial charge in [0.25, 0.3) is 11.8 Å². The summed E-state index contributed by atoms with van der Waals surface area (Å²) in [5.74, 6) is -1.16. The van der Waals surface area contributed by atoms with Gasteiger partial charge in [0.2, 0.25) is 5.72 Å². The van der Waals surface area contributed by atoms with Crippen LogP contribution in [-0.2, 0) is 16.0 Å². The summed E-state index contributed by atoms with van der Waals surface area (Å²) < 4.78 is 10.6. The number of hydrogen-bond donors (Lipinski definition) is 3. The van der Waals surface area contributed by atoms with Crippen LogP contribution < -0.4 is 14.8 Å². The molecule has 0 aromatic heterocycles. The van der Waals surface area contributed by atoms with Gasteiger partial charge < -0.3 is 29.9 Å². The smallest absolute Gasteiger partial charge is 0.274 e. The van der Waals surface area contributed by atoms with Crippen molar-refractivity contribution in [2.24, 2.45) is 0 Å². The number of rotatable bonds is 8. The molecule has 216 valence electrons. The quantitative estimate of drug-likeness (QED) is 0.457. The monoisotopic (exact) mass is 550 g/mol. The lowest BCUT2D eigenvalue weighted by Gasteiger charge is -2.42. The molecule has 0 spiro atoms. The average molecular weight is 551 g/mol. The maximum Gasteiger partial charge on any atom is 0.274 e. The normalized spacial score (nSPS) is 27.9. The first kappa shape index (κ1) is 28.4. The number of nitrogens with one attached hydrogen (secondary N) is 1. The van der Waals surface area contributed by atoms with Crippen LogP contribution in [0.4, 0.5) is 0 Å². The number of likely N-dealkylation sites (tertiary alicyclic amines) is 1. The third-order valence-electron chi connectivity index (χ3n) is 9.13. The Morgan fingerprint density at radius 1 is 0.850 bits per heavy atom. The summed E-state index contributed by atoms with van der Waals surface area (Å²) in [5, 5.41) is 28.3. The van der Waals surface area contributed by atoms with Gasteiger partial charge in [0, 0.05) is 18.5 Å². The minimum absolute atomic E-state index is 0.0608. The number of nitrogens with zero attached hydrogens (tertiary/aromatic N) is 1. The van der Waals surface area contributed by atoms with Crippen LogP contribution in [0.2, 0.25) is 0 Å². The summed E-state index contributed by atoms with van der Waals surface area (Å²) in [4.78, 5) is 30.1. The zero-order chi connectivity index (χ0) is 28.3. The van der Waals surface area contributed by atoms with Gasteiger partial charge in [0.15, 0.2) is 5.60 Å². The Morgan fingerprint density at radius 3 is 1.93 bits per heavy atom. The zero-order valence-corrected chi connectivity index (χ0v) is 23.6. The third-order valence-corrected chi connectivity index (χ3v) is 9.13. The van der Waals surface area contributed by atoms with Crippen LogP contribution in [0, 0.1) is 0 Å². The second-order valence-electron chi connectivity index (χ2n) is 11.7. The Morgan fingerprint density at radius 2 is 1.38 bits per heavy atom. The Bertz CT molecular complexity index is 1170. The lowest BCUT2D eigenvalue weighted by molar-refractivity contribution is -0.174. The fraction of sp³-hybridized carbons (Fsp3) is 0.562. The van der Waals surface area contributed by atoms with Gasteiger partial charge >= 0.3 is 0 Å². The van der Waals surface area contributed by atoms with Crippen LogP contribution in [0.5, 0.6) is 11.5 Å². The van der Waals surface area contributed by atoms with Gasteiger partial charge in [0.1, 0.15) is 11.5 Å². The molecule has 8 nitrogen and oxygen atoms in total. The lowest BCUT2D eigenvalue weighted by atomic mass is 9.75. The number of amides is 2. The fourth-order valence-corrected chi connectivity index (χ4v) is 7.06. The fourth-order valence-electron chi connectivity index (χ4n) is 7.06. The first-order valence-corrected chi connectivity index (χ1v) is 14.7. The number of hydrogen-bond acceptors (Lipinski definition) is 6. The van der Waals surface area contributed by atoms with E-state index < -0.39 is 29.1 Å². The molecule has 3 N–H and O–H groups in total. The summed E-state index contributed by atoms with van der Waals surface area (Å²) in [6.45, 7) is 0. The van der Waals surface area contributed by atoms with Gasteiger partial charge in [0.05, 0.1) is 20.1 Å². The van der Waals surface area contributed by atoms with E-state index >= 15 is 0 Å². The van der Waals surface area contributed by atoms with Crippen LogP contribution >= 0.6 is 0 Å². The first-order chi connectivity index (χ1) is 19.3. The van der Waals surface area contributed by atoms with E-state index in [-0.39, 0.29) is 18.5 Å². The van der Waals surface area contributed by atoms with Crippen molar-refractivity contribution in [1.29, 1.82) is 0 Å². The molecule has 2 aliphatic carbocycles. The molecule has 8 heteroatoms. The van der Waals surface area contributed by atoms with Crippen molar-refractivity contribution < 1.29 is 29.3 Å². The molecule has 2 amide bonds. The van der Waals surface area contributed by atoms with E-state index in [0.29, 0.717) is 35.5 Å². The number of ether oxygens (including phenoxy) is 2. The highest BCUT2D eigenvalue weighted by atomic mass is 16.5. The molecule has 2 aromatic rings. The highest BCUT2D eigenvalue weighted by molar-refractivity contribution is 6.00. The van der Waals surface area contributed by atoms with Crippen molar-refractivity contribution in [2.75, 3.05) is 14.2 Å². The maximum atomic E-state index is 14.5. The Balaban J connectivity index is 1.62. The molecule has 5 rings (SSSR count). The zero-order valence-electron chi connectivity index (χ0n) is 23.6. The van der Waals surface area contributed by atoms with Gasteiger partial charge in [-0.25, -0.2) is 0 Å². The van der Waals surface area contributed by atoms with E-state index in [9.17, 15) is 19.8 Å². The van der Waals surface area contributed by atoms with Crippen molar-refractivity contribution in [3.05, 3.63) is 59.7 Å². The minimum Gasteiger partial charge on any atom is -0.497 e. The predicted molar refractivity (Wildman–Crippen MR) is 151 cm³/mol. The van der Waals surface area contributed by atoms with E-state index in [2.05, 4.69) is 5.32 Å². The van der Waals surface area contributed by atoms with Crippen LogP contribution in [0.25, 0.3) is 0 Å². The van der Waals surface area contributed by atoms with Gasteiger partial charge in [-0.1, -0.05) is 62.8 Å². The van der Waals surface area contributed by atoms with Gasteiger partial charge in [-0.05, 0) is 61.1 Å². The van der Waals surface area contributed by atoms with Crippen LogP contribution in [0.15, 0.2) is 48.5 Å². The first-order valence-electron chi connectivity index (χ1n) is 14.7. The topological polar surface area (TPSA) is 108 Å². The summed E-state index contributed by atoms with van der Waals surface area (Å²) in [7, 11) is 3.14. The van der Waals surface area contributed by atoms with Gasteiger partial charge in [-0.2, -0.15) is 0 Å². The summed E-state index contributed by atoms with van der Waals surface area (Å²) in [6.07, 6.45) is 8.97. The Labute approximate surface area is 236 Å². The summed E-state index contributed by atoms with van der Waals surface area (Å²) >= 11 is 0. The molecule has 0 bridgehead atoms. The molecule has 1 saturated heterocycles. The molecule has 1 heterocycles. The molecule has 3 atom stereocenters. The Kier molecular flexibility index (Phi) is 8.38. The largest absolute Gasteiger partial charge is 0.497 e. The molecule has 3 fully saturated rings. The van der Waals surface area contributed by atoms with Crippen molar-refractivity contribution in [2.45, 2.75) is 100.0 Å². The van der Waals surface area contributed by atoms with E-state index in [0.717, 1.165) is 51.4 Å². The molecule has 40 heavy (non-hydrogen) atoms. The summed E-state index contributed by atoms with van der Waals surface area (Å²) in [5.41, 5.74) is -3.11. The molecular formula is C32H42N2O6. The van der Waals surface area contributed by atoms with Crippen LogP contribution in [0.1, 0.15) is 81.3 Å².